The zero-order chi connectivity index (χ0) is 9.84. The first-order chi connectivity index (χ1) is 6.16. The number of rotatable bonds is 3. The van der Waals surface area contributed by atoms with E-state index in [-0.39, 0.29) is 0 Å². The van der Waals surface area contributed by atoms with Crippen LogP contribution >= 0.6 is 0 Å². The zero-order valence-electron chi connectivity index (χ0n) is 8.12. The van der Waals surface area contributed by atoms with Crippen LogP contribution in [0.5, 0.6) is 0 Å². The van der Waals surface area contributed by atoms with Crippen LogP contribution in [-0.4, -0.2) is 10.1 Å². The summed E-state index contributed by atoms with van der Waals surface area (Å²) in [5.41, 5.74) is 7.47. The minimum absolute atomic E-state index is 0.445. The Labute approximate surface area is 78.6 Å². The molecule has 0 fully saturated rings. The second-order valence-corrected chi connectivity index (χ2v) is 3.23. The highest BCUT2D eigenvalue weighted by atomic mass is 16.3. The molecule has 0 aromatic carbocycles. The van der Waals surface area contributed by atoms with E-state index in [1.165, 1.54) is 0 Å². The third kappa shape index (κ3) is 2.18. The number of hydrogen-bond acceptors (Lipinski definition) is 3. The molecule has 1 unspecified atom stereocenters. The standard InChI is InChI=1S/C10H16N2O/c1-3-4-8(13)9-7(2)5-6-12-10(9)11/h5-6,8,13H,3-4H2,1-2H3,(H2,11,12). The second-order valence-electron chi connectivity index (χ2n) is 3.23. The quantitative estimate of drug-likeness (QED) is 0.745. The summed E-state index contributed by atoms with van der Waals surface area (Å²) >= 11 is 0. The number of aryl methyl sites for hydroxylation is 1. The highest BCUT2D eigenvalue weighted by Crippen LogP contribution is 2.25. The van der Waals surface area contributed by atoms with Gasteiger partial charge in [-0.05, 0) is 25.0 Å². The molecule has 72 valence electrons. The molecule has 13 heavy (non-hydrogen) atoms. The summed E-state index contributed by atoms with van der Waals surface area (Å²) in [6, 6.07) is 1.87. The van der Waals surface area contributed by atoms with E-state index in [1.54, 1.807) is 6.20 Å². The molecule has 0 saturated heterocycles. The summed E-state index contributed by atoms with van der Waals surface area (Å²) in [7, 11) is 0. The van der Waals surface area contributed by atoms with Crippen LogP contribution in [0.1, 0.15) is 37.0 Å². The van der Waals surface area contributed by atoms with Crippen molar-refractivity contribution in [3.63, 3.8) is 0 Å². The first-order valence-electron chi connectivity index (χ1n) is 4.55. The van der Waals surface area contributed by atoms with Crippen molar-refractivity contribution < 1.29 is 5.11 Å². The van der Waals surface area contributed by atoms with E-state index >= 15 is 0 Å². The van der Waals surface area contributed by atoms with Crippen molar-refractivity contribution in [3.05, 3.63) is 23.4 Å². The average molecular weight is 180 g/mol. The van der Waals surface area contributed by atoms with E-state index < -0.39 is 6.10 Å². The van der Waals surface area contributed by atoms with Gasteiger partial charge in [-0.2, -0.15) is 0 Å². The molecule has 1 rings (SSSR count). The van der Waals surface area contributed by atoms with Crippen LogP contribution in [0.25, 0.3) is 0 Å². The SMILES string of the molecule is CCCC(O)c1c(C)ccnc1N. The molecular formula is C10H16N2O. The van der Waals surface area contributed by atoms with E-state index in [4.69, 9.17) is 5.73 Å². The Kier molecular flexibility index (Phi) is 3.25. The number of aromatic nitrogens is 1. The Morgan fingerprint density at radius 3 is 2.85 bits per heavy atom. The van der Waals surface area contributed by atoms with Gasteiger partial charge in [-0.25, -0.2) is 4.98 Å². The van der Waals surface area contributed by atoms with Gasteiger partial charge in [0.2, 0.25) is 0 Å². The lowest BCUT2D eigenvalue weighted by Crippen LogP contribution is -2.06. The Morgan fingerprint density at radius 2 is 2.31 bits per heavy atom. The molecule has 0 spiro atoms. The maximum Gasteiger partial charge on any atom is 0.129 e. The van der Waals surface area contributed by atoms with E-state index in [9.17, 15) is 5.11 Å². The van der Waals surface area contributed by atoms with Gasteiger partial charge in [0.25, 0.3) is 0 Å². The average Bonchev–Trinajstić information content (AvgIpc) is 2.04. The zero-order valence-corrected chi connectivity index (χ0v) is 8.12. The lowest BCUT2D eigenvalue weighted by Gasteiger charge is -2.14. The highest BCUT2D eigenvalue weighted by Gasteiger charge is 2.12. The number of aliphatic hydroxyl groups is 1. The molecule has 1 aromatic heterocycles. The summed E-state index contributed by atoms with van der Waals surface area (Å²) in [6.45, 7) is 3.97. The molecule has 1 aromatic rings. The molecule has 3 N–H and O–H groups in total. The third-order valence-corrected chi connectivity index (χ3v) is 2.13. The Bertz CT molecular complexity index is 266. The first kappa shape index (κ1) is 9.99. The van der Waals surface area contributed by atoms with Crippen LogP contribution < -0.4 is 5.73 Å². The predicted octanol–water partition coefficient (Wildman–Crippen LogP) is 1.81. The highest BCUT2D eigenvalue weighted by molar-refractivity contribution is 5.45. The molecule has 0 amide bonds. The lowest BCUT2D eigenvalue weighted by molar-refractivity contribution is 0.166. The van der Waals surface area contributed by atoms with Gasteiger partial charge in [0.1, 0.15) is 5.82 Å². The van der Waals surface area contributed by atoms with Crippen LogP contribution in [0, 0.1) is 6.92 Å². The number of anilines is 1. The molecular weight excluding hydrogens is 164 g/mol. The van der Waals surface area contributed by atoms with Crippen LogP contribution in [0.2, 0.25) is 0 Å². The number of aliphatic hydroxyl groups excluding tert-OH is 1. The molecule has 1 heterocycles. The fourth-order valence-electron chi connectivity index (χ4n) is 1.44. The number of nitrogens with zero attached hydrogens (tertiary/aromatic N) is 1. The van der Waals surface area contributed by atoms with Crippen molar-refractivity contribution in [3.8, 4) is 0 Å². The van der Waals surface area contributed by atoms with Gasteiger partial charge in [0.05, 0.1) is 6.10 Å². The fraction of sp³-hybridized carbons (Fsp3) is 0.500. The Morgan fingerprint density at radius 1 is 1.62 bits per heavy atom. The van der Waals surface area contributed by atoms with Gasteiger partial charge in [-0.1, -0.05) is 13.3 Å². The van der Waals surface area contributed by atoms with Crippen molar-refractivity contribution in [1.29, 1.82) is 0 Å². The van der Waals surface area contributed by atoms with Crippen molar-refractivity contribution in [2.24, 2.45) is 0 Å². The normalized spacial score (nSPS) is 12.8. The number of nitrogens with two attached hydrogens (primary N) is 1. The number of pyridine rings is 1. The van der Waals surface area contributed by atoms with Gasteiger partial charge < -0.3 is 10.8 Å². The monoisotopic (exact) mass is 180 g/mol. The summed E-state index contributed by atoms with van der Waals surface area (Å²) in [4.78, 5) is 3.96. The maximum absolute atomic E-state index is 9.76. The molecule has 0 bridgehead atoms. The molecule has 3 nitrogen and oxygen atoms in total. The predicted molar refractivity (Wildman–Crippen MR) is 53.3 cm³/mol. The van der Waals surface area contributed by atoms with Gasteiger partial charge in [0.15, 0.2) is 0 Å². The molecule has 1 atom stereocenters. The smallest absolute Gasteiger partial charge is 0.129 e. The Balaban J connectivity index is 2.98. The number of hydrogen-bond donors (Lipinski definition) is 2. The van der Waals surface area contributed by atoms with Gasteiger partial charge >= 0.3 is 0 Å². The summed E-state index contributed by atoms with van der Waals surface area (Å²) < 4.78 is 0. The topological polar surface area (TPSA) is 59.1 Å². The van der Waals surface area contributed by atoms with Crippen molar-refractivity contribution in [2.75, 3.05) is 5.73 Å². The minimum Gasteiger partial charge on any atom is -0.388 e. The minimum atomic E-state index is -0.473. The number of nitrogen functional groups attached to an aromatic ring is 1. The second kappa shape index (κ2) is 4.23. The van der Waals surface area contributed by atoms with Crippen molar-refractivity contribution in [1.82, 2.24) is 4.98 Å². The van der Waals surface area contributed by atoms with Gasteiger partial charge in [-0.15, -0.1) is 0 Å². The Hall–Kier alpha value is -1.09. The van der Waals surface area contributed by atoms with Crippen LogP contribution in [-0.2, 0) is 0 Å². The van der Waals surface area contributed by atoms with E-state index in [2.05, 4.69) is 4.98 Å². The summed E-state index contributed by atoms with van der Waals surface area (Å²) in [6.07, 6.45) is 2.86. The first-order valence-corrected chi connectivity index (χ1v) is 4.55. The molecule has 0 radical (unpaired) electrons. The molecule has 0 aliphatic rings. The van der Waals surface area contributed by atoms with Crippen LogP contribution in [0.4, 0.5) is 5.82 Å². The van der Waals surface area contributed by atoms with Crippen LogP contribution in [0.3, 0.4) is 0 Å². The largest absolute Gasteiger partial charge is 0.388 e. The maximum atomic E-state index is 9.76. The van der Waals surface area contributed by atoms with Gasteiger partial charge in [0, 0.05) is 11.8 Å². The van der Waals surface area contributed by atoms with Gasteiger partial charge in [-0.3, -0.25) is 0 Å². The van der Waals surface area contributed by atoms with Crippen molar-refractivity contribution in [2.45, 2.75) is 32.8 Å². The van der Waals surface area contributed by atoms with E-state index in [1.807, 2.05) is 19.9 Å². The van der Waals surface area contributed by atoms with E-state index in [0.29, 0.717) is 5.82 Å². The molecule has 0 aliphatic carbocycles. The van der Waals surface area contributed by atoms with E-state index in [0.717, 1.165) is 24.0 Å². The fourth-order valence-corrected chi connectivity index (χ4v) is 1.44. The molecule has 3 heteroatoms. The summed E-state index contributed by atoms with van der Waals surface area (Å²) in [5, 5.41) is 9.76. The molecule has 0 aliphatic heterocycles. The summed E-state index contributed by atoms with van der Waals surface area (Å²) in [5.74, 6) is 0.445. The molecule has 0 saturated carbocycles. The lowest BCUT2D eigenvalue weighted by atomic mass is 10.0. The van der Waals surface area contributed by atoms with Crippen LogP contribution in [0.15, 0.2) is 12.3 Å². The third-order valence-electron chi connectivity index (χ3n) is 2.13. The van der Waals surface area contributed by atoms with Crippen molar-refractivity contribution >= 4 is 5.82 Å².